The number of halogens is 1. The van der Waals surface area contributed by atoms with Gasteiger partial charge in [-0.05, 0) is 36.3 Å². The molecule has 18 heavy (non-hydrogen) atoms. The molecule has 2 rings (SSSR count). The summed E-state index contributed by atoms with van der Waals surface area (Å²) in [7, 11) is 0. The first-order chi connectivity index (χ1) is 8.41. The molecular formula is C15H22FNO. The van der Waals surface area contributed by atoms with Gasteiger partial charge in [0.15, 0.2) is 0 Å². The molecule has 3 heteroatoms. The predicted octanol–water partition coefficient (Wildman–Crippen LogP) is 2.49. The number of aliphatic hydroxyl groups is 1. The first kappa shape index (κ1) is 13.5. The van der Waals surface area contributed by atoms with Crippen LogP contribution < -0.4 is 5.73 Å². The van der Waals surface area contributed by atoms with Crippen molar-refractivity contribution in [2.75, 3.05) is 6.54 Å². The summed E-state index contributed by atoms with van der Waals surface area (Å²) >= 11 is 0. The molecule has 1 saturated carbocycles. The molecule has 0 saturated heterocycles. The van der Waals surface area contributed by atoms with Gasteiger partial charge in [-0.3, -0.25) is 0 Å². The number of rotatable bonds is 3. The van der Waals surface area contributed by atoms with Crippen molar-refractivity contribution < 1.29 is 9.50 Å². The van der Waals surface area contributed by atoms with Gasteiger partial charge in [-0.2, -0.15) is 0 Å². The molecule has 0 spiro atoms. The van der Waals surface area contributed by atoms with E-state index in [1.807, 2.05) is 6.07 Å². The highest BCUT2D eigenvalue weighted by atomic mass is 19.1. The van der Waals surface area contributed by atoms with Gasteiger partial charge >= 0.3 is 0 Å². The zero-order valence-corrected chi connectivity index (χ0v) is 11.1. The SMILES string of the molecule is CC1(C)CCC(CN)(Cc2ccccc2F)C1O. The van der Waals surface area contributed by atoms with Crippen LogP contribution in [0.15, 0.2) is 24.3 Å². The number of nitrogens with two attached hydrogens (primary N) is 1. The Labute approximate surface area is 108 Å². The average Bonchev–Trinajstić information content (AvgIpc) is 2.57. The molecule has 1 aliphatic rings. The lowest BCUT2D eigenvalue weighted by molar-refractivity contribution is -0.00498. The fourth-order valence-electron chi connectivity index (χ4n) is 3.17. The third-order valence-corrected chi connectivity index (χ3v) is 4.49. The Kier molecular flexibility index (Phi) is 3.47. The highest BCUT2D eigenvalue weighted by molar-refractivity contribution is 5.21. The second-order valence-electron chi connectivity index (χ2n) is 6.23. The Morgan fingerprint density at radius 3 is 2.50 bits per heavy atom. The standard InChI is InChI=1S/C15H22FNO/c1-14(2)7-8-15(10-17,13(14)18)9-11-5-3-4-6-12(11)16/h3-6,13,18H,7-10,17H2,1-2H3. The van der Waals surface area contributed by atoms with Gasteiger partial charge in [0.2, 0.25) is 0 Å². The van der Waals surface area contributed by atoms with Crippen molar-refractivity contribution in [3.05, 3.63) is 35.6 Å². The van der Waals surface area contributed by atoms with Gasteiger partial charge in [0.25, 0.3) is 0 Å². The van der Waals surface area contributed by atoms with E-state index in [1.165, 1.54) is 6.07 Å². The van der Waals surface area contributed by atoms with Crippen molar-refractivity contribution in [3.8, 4) is 0 Å². The van der Waals surface area contributed by atoms with Gasteiger partial charge in [-0.15, -0.1) is 0 Å². The van der Waals surface area contributed by atoms with Crippen molar-refractivity contribution in [3.63, 3.8) is 0 Å². The quantitative estimate of drug-likeness (QED) is 0.867. The molecule has 2 nitrogen and oxygen atoms in total. The summed E-state index contributed by atoms with van der Waals surface area (Å²) in [6.07, 6.45) is 1.82. The van der Waals surface area contributed by atoms with Crippen LogP contribution in [0.1, 0.15) is 32.3 Å². The van der Waals surface area contributed by atoms with Crippen LogP contribution in [0.25, 0.3) is 0 Å². The van der Waals surface area contributed by atoms with Crippen LogP contribution in [0.4, 0.5) is 4.39 Å². The van der Waals surface area contributed by atoms with E-state index < -0.39 is 6.10 Å². The Morgan fingerprint density at radius 2 is 2.00 bits per heavy atom. The van der Waals surface area contributed by atoms with E-state index in [1.54, 1.807) is 12.1 Å². The molecule has 0 aromatic heterocycles. The molecule has 3 N–H and O–H groups in total. The molecule has 1 aromatic rings. The van der Waals surface area contributed by atoms with Gasteiger partial charge in [0.05, 0.1) is 6.10 Å². The van der Waals surface area contributed by atoms with E-state index >= 15 is 0 Å². The third kappa shape index (κ3) is 2.17. The third-order valence-electron chi connectivity index (χ3n) is 4.49. The average molecular weight is 251 g/mol. The molecule has 0 amide bonds. The zero-order chi connectivity index (χ0) is 13.4. The smallest absolute Gasteiger partial charge is 0.126 e. The molecule has 0 aliphatic heterocycles. The van der Waals surface area contributed by atoms with Crippen LogP contribution in [-0.4, -0.2) is 17.8 Å². The minimum atomic E-state index is -0.477. The molecule has 0 heterocycles. The van der Waals surface area contributed by atoms with Gasteiger partial charge in [-0.1, -0.05) is 32.0 Å². The highest BCUT2D eigenvalue weighted by Gasteiger charge is 2.51. The fraction of sp³-hybridized carbons (Fsp3) is 0.600. The summed E-state index contributed by atoms with van der Waals surface area (Å²) in [6, 6.07) is 6.76. The maximum Gasteiger partial charge on any atom is 0.126 e. The van der Waals surface area contributed by atoms with Crippen molar-refractivity contribution in [2.24, 2.45) is 16.6 Å². The second kappa shape index (κ2) is 4.63. The lowest BCUT2D eigenvalue weighted by atomic mass is 9.74. The van der Waals surface area contributed by atoms with Crippen molar-refractivity contribution >= 4 is 0 Å². The van der Waals surface area contributed by atoms with Gasteiger partial charge < -0.3 is 10.8 Å². The van der Waals surface area contributed by atoms with Crippen molar-refractivity contribution in [2.45, 2.75) is 39.2 Å². The molecular weight excluding hydrogens is 229 g/mol. The molecule has 2 unspecified atom stereocenters. The van der Waals surface area contributed by atoms with Crippen LogP contribution in [-0.2, 0) is 6.42 Å². The monoisotopic (exact) mass is 251 g/mol. The van der Waals surface area contributed by atoms with Crippen LogP contribution in [0.5, 0.6) is 0 Å². The highest BCUT2D eigenvalue weighted by Crippen LogP contribution is 2.50. The van der Waals surface area contributed by atoms with E-state index in [-0.39, 0.29) is 16.6 Å². The van der Waals surface area contributed by atoms with Crippen LogP contribution in [0.2, 0.25) is 0 Å². The van der Waals surface area contributed by atoms with Crippen LogP contribution in [0.3, 0.4) is 0 Å². The molecule has 1 aliphatic carbocycles. The maximum absolute atomic E-state index is 13.7. The molecule has 2 atom stereocenters. The molecule has 1 fully saturated rings. The normalized spacial score (nSPS) is 30.6. The van der Waals surface area contributed by atoms with Gasteiger partial charge in [0.1, 0.15) is 5.82 Å². The topological polar surface area (TPSA) is 46.2 Å². The Morgan fingerprint density at radius 1 is 1.33 bits per heavy atom. The summed E-state index contributed by atoms with van der Waals surface area (Å²) in [5, 5.41) is 10.5. The van der Waals surface area contributed by atoms with Gasteiger partial charge in [0, 0.05) is 12.0 Å². The first-order valence-electron chi connectivity index (χ1n) is 6.53. The maximum atomic E-state index is 13.7. The van der Waals surface area contributed by atoms with Crippen LogP contribution >= 0.6 is 0 Å². The lowest BCUT2D eigenvalue weighted by Gasteiger charge is -2.36. The zero-order valence-electron chi connectivity index (χ0n) is 11.1. The molecule has 1 aromatic carbocycles. The van der Waals surface area contributed by atoms with Crippen LogP contribution in [0, 0.1) is 16.6 Å². The summed E-state index contributed by atoms with van der Waals surface area (Å²) in [5.41, 5.74) is 6.03. The summed E-state index contributed by atoms with van der Waals surface area (Å²) in [6.45, 7) is 4.50. The van der Waals surface area contributed by atoms with Crippen molar-refractivity contribution in [1.82, 2.24) is 0 Å². The van der Waals surface area contributed by atoms with E-state index in [2.05, 4.69) is 13.8 Å². The van der Waals surface area contributed by atoms with Gasteiger partial charge in [-0.25, -0.2) is 4.39 Å². The second-order valence-corrected chi connectivity index (χ2v) is 6.23. The summed E-state index contributed by atoms with van der Waals surface area (Å²) in [5.74, 6) is -0.206. The minimum Gasteiger partial charge on any atom is -0.392 e. The van der Waals surface area contributed by atoms with E-state index in [0.29, 0.717) is 18.5 Å². The van der Waals surface area contributed by atoms with Crippen molar-refractivity contribution in [1.29, 1.82) is 0 Å². The number of aliphatic hydroxyl groups excluding tert-OH is 1. The summed E-state index contributed by atoms with van der Waals surface area (Å²) < 4.78 is 13.7. The van der Waals surface area contributed by atoms with E-state index in [4.69, 9.17) is 5.73 Å². The number of benzene rings is 1. The Hall–Kier alpha value is -0.930. The first-order valence-corrected chi connectivity index (χ1v) is 6.53. The number of hydrogen-bond donors (Lipinski definition) is 2. The summed E-state index contributed by atoms with van der Waals surface area (Å²) in [4.78, 5) is 0. The molecule has 100 valence electrons. The predicted molar refractivity (Wildman–Crippen MR) is 70.6 cm³/mol. The number of hydrogen-bond acceptors (Lipinski definition) is 2. The minimum absolute atomic E-state index is 0.134. The Balaban J connectivity index is 2.28. The molecule has 0 bridgehead atoms. The molecule has 0 radical (unpaired) electrons. The van der Waals surface area contributed by atoms with E-state index in [0.717, 1.165) is 12.8 Å². The Bertz CT molecular complexity index is 432. The fourth-order valence-corrected chi connectivity index (χ4v) is 3.17. The lowest BCUT2D eigenvalue weighted by Crippen LogP contribution is -2.44. The largest absolute Gasteiger partial charge is 0.392 e. The van der Waals surface area contributed by atoms with E-state index in [9.17, 15) is 9.50 Å².